The third kappa shape index (κ3) is 2.78. The molecule has 1 aliphatic heterocycles. The van der Waals surface area contributed by atoms with Crippen molar-refractivity contribution in [1.82, 2.24) is 4.98 Å². The number of benzene rings is 1. The molecular formula is C21H19N3O6. The van der Waals surface area contributed by atoms with Gasteiger partial charge in [-0.3, -0.25) is 14.6 Å². The number of nitrogens with one attached hydrogen (secondary N) is 3. The minimum absolute atomic E-state index is 0.119. The van der Waals surface area contributed by atoms with Crippen LogP contribution in [0.15, 0.2) is 53.5 Å². The molecule has 9 heteroatoms. The van der Waals surface area contributed by atoms with E-state index in [4.69, 9.17) is 13.6 Å². The third-order valence-corrected chi connectivity index (χ3v) is 5.51. The Morgan fingerprint density at radius 2 is 1.80 bits per heavy atom. The quantitative estimate of drug-likeness (QED) is 0.415. The molecule has 3 heterocycles. The van der Waals surface area contributed by atoms with E-state index in [0.717, 1.165) is 5.76 Å². The minimum atomic E-state index is -0.642. The van der Waals surface area contributed by atoms with E-state index in [1.807, 2.05) is 26.0 Å². The number of aryl methyl sites for hydroxylation is 1. The molecule has 1 unspecified atom stereocenters. The molecule has 5 rings (SSSR count). The molecule has 2 aromatic carbocycles. The fraction of sp³-hybridized carbons (Fsp3) is 0.286. The molecule has 4 aromatic rings. The number of aromatic nitrogens is 1. The summed E-state index contributed by atoms with van der Waals surface area (Å²) in [6.07, 6.45) is 0. The van der Waals surface area contributed by atoms with Gasteiger partial charge in [0, 0.05) is 5.41 Å². The molecule has 0 radical (unpaired) electrons. The molecule has 0 saturated carbocycles. The number of H-pyrrole nitrogens is 1. The van der Waals surface area contributed by atoms with Crippen LogP contribution in [0.1, 0.15) is 24.5 Å². The summed E-state index contributed by atoms with van der Waals surface area (Å²) in [6.45, 7) is 4.86. The molecule has 0 spiro atoms. The zero-order valence-electron chi connectivity index (χ0n) is 16.3. The van der Waals surface area contributed by atoms with Crippen LogP contribution < -0.4 is 27.2 Å². The van der Waals surface area contributed by atoms with Crippen molar-refractivity contribution in [2.24, 2.45) is 5.41 Å². The molecule has 1 saturated heterocycles. The molecule has 0 bridgehead atoms. The van der Waals surface area contributed by atoms with Gasteiger partial charge in [0.2, 0.25) is 0 Å². The molecule has 1 aliphatic rings. The van der Waals surface area contributed by atoms with Crippen LogP contribution >= 0.6 is 0 Å². The molecule has 30 heavy (non-hydrogen) atoms. The van der Waals surface area contributed by atoms with Crippen molar-refractivity contribution in [3.05, 3.63) is 72.8 Å². The second-order valence-corrected chi connectivity index (χ2v) is 7.90. The minimum Gasteiger partial charge on any atom is -0.464 e. The highest BCUT2D eigenvalue weighted by Gasteiger charge is 2.45. The van der Waals surface area contributed by atoms with Crippen LogP contribution in [0.2, 0.25) is 0 Å². The summed E-state index contributed by atoms with van der Waals surface area (Å²) in [4.78, 5) is 38.8. The fourth-order valence-corrected chi connectivity index (χ4v) is 3.79. The van der Waals surface area contributed by atoms with Crippen molar-refractivity contribution in [1.29, 1.82) is 0 Å². The standard InChI is InChI=1S/C21H19N3O6/c1-10-6-7-13(29-10)19(21(2)8-28-9-21)24-15-14(16(25)17(15)26)22-11-4-3-5-12-18(11)30-20(27)23-12/h3-7,19,22,24H,8-9H2,1-2H3,(H,23,27). The first-order chi connectivity index (χ1) is 14.4. The van der Waals surface area contributed by atoms with Crippen LogP contribution in [0.3, 0.4) is 0 Å². The maximum absolute atomic E-state index is 12.4. The predicted molar refractivity (Wildman–Crippen MR) is 110 cm³/mol. The number of para-hydroxylation sites is 1. The van der Waals surface area contributed by atoms with Crippen molar-refractivity contribution in [2.45, 2.75) is 19.9 Å². The molecule has 154 valence electrons. The van der Waals surface area contributed by atoms with E-state index < -0.39 is 16.6 Å². The lowest BCUT2D eigenvalue weighted by atomic mass is 9.79. The smallest absolute Gasteiger partial charge is 0.417 e. The van der Waals surface area contributed by atoms with Crippen LogP contribution in [0.25, 0.3) is 11.1 Å². The van der Waals surface area contributed by atoms with Gasteiger partial charge in [-0.1, -0.05) is 13.0 Å². The molecule has 3 N–H and O–H groups in total. The van der Waals surface area contributed by atoms with E-state index in [1.165, 1.54) is 0 Å². The molecule has 1 fully saturated rings. The second-order valence-electron chi connectivity index (χ2n) is 7.90. The highest BCUT2D eigenvalue weighted by Crippen LogP contribution is 2.43. The lowest BCUT2D eigenvalue weighted by Gasteiger charge is -2.44. The van der Waals surface area contributed by atoms with Crippen LogP contribution in [0.5, 0.6) is 0 Å². The van der Waals surface area contributed by atoms with Gasteiger partial charge in [-0.05, 0) is 31.2 Å². The number of rotatable bonds is 6. The van der Waals surface area contributed by atoms with Gasteiger partial charge in [0.1, 0.15) is 22.9 Å². The number of hydrogen-bond acceptors (Lipinski definition) is 8. The third-order valence-electron chi connectivity index (χ3n) is 5.51. The highest BCUT2D eigenvalue weighted by atomic mass is 16.5. The van der Waals surface area contributed by atoms with Gasteiger partial charge in [-0.2, -0.15) is 0 Å². The summed E-state index contributed by atoms with van der Waals surface area (Å²) >= 11 is 0. The van der Waals surface area contributed by atoms with Crippen LogP contribution in [-0.2, 0) is 4.74 Å². The summed E-state index contributed by atoms with van der Waals surface area (Å²) in [6, 6.07) is 8.39. The van der Waals surface area contributed by atoms with E-state index in [0.29, 0.717) is 30.2 Å². The number of ether oxygens (including phenoxy) is 1. The Bertz CT molecular complexity index is 1380. The first-order valence-electron chi connectivity index (χ1n) is 9.48. The molecule has 2 aromatic heterocycles. The highest BCUT2D eigenvalue weighted by molar-refractivity contribution is 5.91. The molecule has 0 aliphatic carbocycles. The number of furan rings is 1. The van der Waals surface area contributed by atoms with Crippen molar-refractivity contribution in [2.75, 3.05) is 23.8 Å². The predicted octanol–water partition coefficient (Wildman–Crippen LogP) is 2.55. The Hall–Kier alpha value is -3.59. The summed E-state index contributed by atoms with van der Waals surface area (Å²) in [7, 11) is 0. The second kappa shape index (κ2) is 6.46. The van der Waals surface area contributed by atoms with Gasteiger partial charge < -0.3 is 24.2 Å². The first-order valence-corrected chi connectivity index (χ1v) is 9.48. The van der Waals surface area contributed by atoms with E-state index in [-0.39, 0.29) is 28.4 Å². The largest absolute Gasteiger partial charge is 0.464 e. The maximum atomic E-state index is 12.4. The van der Waals surface area contributed by atoms with Crippen molar-refractivity contribution < 1.29 is 13.6 Å². The Morgan fingerprint density at radius 1 is 1.03 bits per heavy atom. The summed E-state index contributed by atoms with van der Waals surface area (Å²) in [5.74, 6) is 0.808. The summed E-state index contributed by atoms with van der Waals surface area (Å²) in [5, 5.41) is 6.15. The van der Waals surface area contributed by atoms with Gasteiger partial charge in [-0.25, -0.2) is 4.79 Å². The number of oxazole rings is 1. The van der Waals surface area contributed by atoms with E-state index in [2.05, 4.69) is 15.6 Å². The topological polar surface area (TPSA) is 127 Å². The normalized spacial score (nSPS) is 16.5. The van der Waals surface area contributed by atoms with Crippen LogP contribution in [0.4, 0.5) is 17.1 Å². The average Bonchev–Trinajstić information content (AvgIpc) is 3.30. The summed E-state index contributed by atoms with van der Waals surface area (Å²) < 4.78 is 16.3. The Labute approximate surface area is 169 Å². The first kappa shape index (κ1) is 18.4. The molecular weight excluding hydrogens is 390 g/mol. The Balaban J connectivity index is 1.51. The average molecular weight is 409 g/mol. The Morgan fingerprint density at radius 3 is 2.47 bits per heavy atom. The molecule has 1 atom stereocenters. The monoisotopic (exact) mass is 409 g/mol. The Kier molecular flexibility index (Phi) is 3.97. The van der Waals surface area contributed by atoms with Crippen LogP contribution in [-0.4, -0.2) is 18.2 Å². The summed E-state index contributed by atoms with van der Waals surface area (Å²) in [5.41, 5.74) is -0.0936. The fourth-order valence-electron chi connectivity index (χ4n) is 3.79. The van der Waals surface area contributed by atoms with Crippen molar-refractivity contribution in [3.8, 4) is 0 Å². The number of anilines is 3. The van der Waals surface area contributed by atoms with Crippen molar-refractivity contribution in [3.63, 3.8) is 0 Å². The lowest BCUT2D eigenvalue weighted by Crippen LogP contribution is -2.49. The van der Waals surface area contributed by atoms with Gasteiger partial charge in [0.25, 0.3) is 10.9 Å². The number of aromatic amines is 1. The van der Waals surface area contributed by atoms with E-state index in [9.17, 15) is 14.4 Å². The van der Waals surface area contributed by atoms with Gasteiger partial charge in [0.05, 0.1) is 30.5 Å². The van der Waals surface area contributed by atoms with Crippen LogP contribution in [0, 0.1) is 12.3 Å². The van der Waals surface area contributed by atoms with E-state index in [1.54, 1.807) is 18.2 Å². The number of hydrogen-bond donors (Lipinski definition) is 3. The zero-order chi connectivity index (χ0) is 21.0. The van der Waals surface area contributed by atoms with Gasteiger partial charge >= 0.3 is 5.76 Å². The molecule has 0 amide bonds. The molecule has 9 nitrogen and oxygen atoms in total. The van der Waals surface area contributed by atoms with Crippen molar-refractivity contribution >= 4 is 28.2 Å². The van der Waals surface area contributed by atoms with Gasteiger partial charge in [0.15, 0.2) is 5.58 Å². The zero-order valence-corrected chi connectivity index (χ0v) is 16.3. The SMILES string of the molecule is Cc1ccc(C(Nc2c(Nc3cccc4[nH]c(=O)oc34)c(=O)c2=O)C2(C)COC2)o1. The van der Waals surface area contributed by atoms with E-state index >= 15 is 0 Å². The van der Waals surface area contributed by atoms with Gasteiger partial charge in [-0.15, -0.1) is 0 Å². The maximum Gasteiger partial charge on any atom is 0.417 e. The number of fused-ring (bicyclic) bond motifs is 1. The lowest BCUT2D eigenvalue weighted by molar-refractivity contribution is -0.115.